The van der Waals surface area contributed by atoms with Crippen LogP contribution in [0.1, 0.15) is 15.9 Å². The number of anilines is 1. The van der Waals surface area contributed by atoms with E-state index in [9.17, 15) is 22.9 Å². The smallest absolute Gasteiger partial charge is 0.870 e. The van der Waals surface area contributed by atoms with E-state index >= 15 is 0 Å². The number of nitrogens with zero attached hydrogens (tertiary/aromatic N) is 2. The van der Waals surface area contributed by atoms with E-state index in [0.29, 0.717) is 22.1 Å². The monoisotopic (exact) mass is 581 g/mol. The third-order valence-electron chi connectivity index (χ3n) is 5.34. The predicted molar refractivity (Wildman–Crippen MR) is 140 cm³/mol. The molecule has 190 valence electrons. The number of carbonyl (C=O) groups is 1. The zero-order valence-corrected chi connectivity index (χ0v) is 24.6. The maximum atomic E-state index is 13.4. The van der Waals surface area contributed by atoms with E-state index in [-0.39, 0.29) is 62.2 Å². The van der Waals surface area contributed by atoms with Crippen LogP contribution in [0.5, 0.6) is 11.5 Å². The minimum Gasteiger partial charge on any atom is -0.870 e. The molecule has 0 saturated carbocycles. The molecule has 0 heterocycles. The van der Waals surface area contributed by atoms with Gasteiger partial charge in [-0.15, -0.1) is 5.11 Å². The van der Waals surface area contributed by atoms with Crippen molar-refractivity contribution in [3.63, 3.8) is 0 Å². The van der Waals surface area contributed by atoms with Crippen molar-refractivity contribution in [1.29, 1.82) is 0 Å². The quantitative estimate of drug-likeness (QED) is 0.203. The summed E-state index contributed by atoms with van der Waals surface area (Å²) in [5, 5.41) is 24.9. The first-order chi connectivity index (χ1) is 17.5. The molecule has 1 amide bonds. The van der Waals surface area contributed by atoms with Crippen LogP contribution < -0.4 is 44.7 Å². The van der Waals surface area contributed by atoms with Crippen molar-refractivity contribution in [2.45, 2.75) is 11.8 Å². The zero-order chi connectivity index (χ0) is 26.9. The van der Waals surface area contributed by atoms with Crippen molar-refractivity contribution in [3.8, 4) is 11.5 Å². The zero-order valence-electron chi connectivity index (χ0n) is 20.3. The van der Waals surface area contributed by atoms with Crippen LogP contribution in [-0.2, 0) is 10.1 Å². The number of ether oxygens (including phenoxy) is 1. The summed E-state index contributed by atoms with van der Waals surface area (Å²) in [5.41, 5.74) is -0.141. The first-order valence-corrected chi connectivity index (χ1v) is 12.8. The van der Waals surface area contributed by atoms with Gasteiger partial charge in [0.1, 0.15) is 16.3 Å². The average molecular weight is 582 g/mol. The standard InChI is InChI=1S/C25H19Cl2N3O6S.Na/c1-13-9-19(27)23(21(10-13)37(33,34)35)30-29-22-16-6-4-3-5-14(16)11-17(24(22)31)25(32)28-20-12-15(36-2)7-8-18(20)26;/h3-12,31H,1-2H3,(H,28,32)(H,33,34,35);/q;+1/p-1. The molecule has 4 aromatic rings. The van der Waals surface area contributed by atoms with Gasteiger partial charge in [-0.05, 0) is 48.2 Å². The molecule has 0 bridgehead atoms. The molecule has 0 atom stereocenters. The summed E-state index contributed by atoms with van der Waals surface area (Å²) in [6.45, 7) is 1.58. The van der Waals surface area contributed by atoms with Crippen LogP contribution in [0.25, 0.3) is 10.8 Å². The van der Waals surface area contributed by atoms with Crippen molar-refractivity contribution >= 4 is 67.1 Å². The Morgan fingerprint density at radius 1 is 1.00 bits per heavy atom. The van der Waals surface area contributed by atoms with E-state index in [4.69, 9.17) is 27.9 Å². The van der Waals surface area contributed by atoms with E-state index in [2.05, 4.69) is 15.5 Å². The van der Waals surface area contributed by atoms with E-state index in [0.717, 1.165) is 0 Å². The third-order valence-corrected chi connectivity index (χ3v) is 6.83. The first-order valence-electron chi connectivity index (χ1n) is 10.6. The van der Waals surface area contributed by atoms with Crippen LogP contribution in [-0.4, -0.2) is 26.0 Å². The van der Waals surface area contributed by atoms with Gasteiger partial charge in [-0.25, -0.2) is 0 Å². The Morgan fingerprint density at radius 3 is 2.37 bits per heavy atom. The van der Waals surface area contributed by atoms with Crippen LogP contribution >= 0.6 is 23.2 Å². The molecule has 0 aromatic heterocycles. The molecule has 0 spiro atoms. The SMILES string of the molecule is COc1ccc(Cl)c(NC(=O)c2cc3ccccc3c(N=Nc3c(Cl)cc(C)cc3S(=O)(=O)O)c2[O-])c1.[Na+]. The Kier molecular flexibility index (Phi) is 9.43. The minimum absolute atomic E-state index is 0. The summed E-state index contributed by atoms with van der Waals surface area (Å²) >= 11 is 12.4. The average Bonchev–Trinajstić information content (AvgIpc) is 2.84. The van der Waals surface area contributed by atoms with Crippen LogP contribution in [0.4, 0.5) is 17.1 Å². The van der Waals surface area contributed by atoms with Crippen molar-refractivity contribution in [3.05, 3.63) is 81.8 Å². The van der Waals surface area contributed by atoms with Gasteiger partial charge >= 0.3 is 29.6 Å². The number of methoxy groups -OCH3 is 1. The van der Waals surface area contributed by atoms with Gasteiger partial charge in [0, 0.05) is 17.0 Å². The second-order valence-corrected chi connectivity index (χ2v) is 10.1. The molecule has 0 aliphatic carbocycles. The molecule has 0 aliphatic rings. The second-order valence-electron chi connectivity index (χ2n) is 7.89. The molecular formula is C25H18Cl2N3NaO6S. The van der Waals surface area contributed by atoms with Gasteiger partial charge in [-0.3, -0.25) is 9.35 Å². The van der Waals surface area contributed by atoms with Crippen molar-refractivity contribution in [1.82, 2.24) is 0 Å². The van der Waals surface area contributed by atoms with Crippen LogP contribution in [0.15, 0.2) is 75.8 Å². The summed E-state index contributed by atoms with van der Waals surface area (Å²) in [6.07, 6.45) is 0. The molecule has 0 radical (unpaired) electrons. The molecule has 4 rings (SSSR count). The van der Waals surface area contributed by atoms with Gasteiger partial charge in [0.2, 0.25) is 0 Å². The Bertz CT molecular complexity index is 1700. The molecular weight excluding hydrogens is 564 g/mol. The molecule has 4 aromatic carbocycles. The van der Waals surface area contributed by atoms with Gasteiger partial charge in [-0.1, -0.05) is 53.2 Å². The van der Waals surface area contributed by atoms with Gasteiger partial charge in [0.25, 0.3) is 16.0 Å². The van der Waals surface area contributed by atoms with E-state index in [1.807, 2.05) is 0 Å². The number of halogens is 2. The largest absolute Gasteiger partial charge is 1.00 e. The third kappa shape index (κ3) is 6.29. The Hall–Kier alpha value is -2.70. The van der Waals surface area contributed by atoms with Crippen LogP contribution in [0.2, 0.25) is 10.0 Å². The molecule has 9 nitrogen and oxygen atoms in total. The van der Waals surface area contributed by atoms with Crippen LogP contribution in [0, 0.1) is 6.92 Å². The summed E-state index contributed by atoms with van der Waals surface area (Å²) in [7, 11) is -3.25. The molecule has 2 N–H and O–H groups in total. The Morgan fingerprint density at radius 2 is 1.68 bits per heavy atom. The molecule has 0 aliphatic heterocycles. The number of fused-ring (bicyclic) bond motifs is 1. The minimum atomic E-state index is -4.70. The Labute approximate surface area is 250 Å². The number of nitrogens with one attached hydrogen (secondary N) is 1. The number of hydrogen-bond donors (Lipinski definition) is 2. The normalized spacial score (nSPS) is 11.4. The van der Waals surface area contributed by atoms with Gasteiger partial charge in [0.05, 0.1) is 28.5 Å². The van der Waals surface area contributed by atoms with E-state index in [1.165, 1.54) is 37.4 Å². The van der Waals surface area contributed by atoms with E-state index < -0.39 is 26.7 Å². The number of hydrogen-bond acceptors (Lipinski definition) is 7. The molecule has 38 heavy (non-hydrogen) atoms. The number of benzene rings is 4. The van der Waals surface area contributed by atoms with Crippen LogP contribution in [0.3, 0.4) is 0 Å². The topological polar surface area (TPSA) is 140 Å². The summed E-state index contributed by atoms with van der Waals surface area (Å²) < 4.78 is 38.6. The van der Waals surface area contributed by atoms with Gasteiger partial charge in [-0.2, -0.15) is 13.5 Å². The summed E-state index contributed by atoms with van der Waals surface area (Å²) in [5.74, 6) is -1.08. The number of rotatable bonds is 6. The predicted octanol–water partition coefficient (Wildman–Crippen LogP) is 3.46. The van der Waals surface area contributed by atoms with Gasteiger partial charge < -0.3 is 15.2 Å². The number of aryl methyl sites for hydroxylation is 1. The molecule has 0 saturated heterocycles. The maximum Gasteiger partial charge on any atom is 1.00 e. The summed E-state index contributed by atoms with van der Waals surface area (Å²) in [6, 6.07) is 15.3. The van der Waals surface area contributed by atoms with E-state index in [1.54, 1.807) is 37.3 Å². The fourth-order valence-corrected chi connectivity index (χ4v) is 4.85. The van der Waals surface area contributed by atoms with Crippen molar-refractivity contribution < 1.29 is 57.2 Å². The molecule has 13 heteroatoms. The Balaban J connectivity index is 0.00000400. The van der Waals surface area contributed by atoms with Crippen molar-refractivity contribution in [2.24, 2.45) is 10.2 Å². The number of azo groups is 1. The summed E-state index contributed by atoms with van der Waals surface area (Å²) in [4.78, 5) is 12.5. The maximum absolute atomic E-state index is 13.4. The van der Waals surface area contributed by atoms with Gasteiger partial charge in [0.15, 0.2) is 0 Å². The molecule has 0 fully saturated rings. The fourth-order valence-electron chi connectivity index (χ4n) is 3.59. The molecule has 0 unspecified atom stereocenters. The fraction of sp³-hybridized carbons (Fsp3) is 0.0800. The first kappa shape index (κ1) is 29.9. The number of amides is 1. The van der Waals surface area contributed by atoms with Crippen molar-refractivity contribution in [2.75, 3.05) is 12.4 Å². The second kappa shape index (κ2) is 12.0. The number of carbonyl (C=O) groups excluding carboxylic acids is 1.